The predicted molar refractivity (Wildman–Crippen MR) is 75.0 cm³/mol. The van der Waals surface area contributed by atoms with E-state index in [-0.39, 0.29) is 5.91 Å². The fourth-order valence-corrected chi connectivity index (χ4v) is 3.07. The van der Waals surface area contributed by atoms with Crippen LogP contribution in [0.25, 0.3) is 0 Å². The molecule has 0 bridgehead atoms. The van der Waals surface area contributed by atoms with Gasteiger partial charge in [0.2, 0.25) is 0 Å². The van der Waals surface area contributed by atoms with Gasteiger partial charge in [-0.05, 0) is 31.9 Å². The lowest BCUT2D eigenvalue weighted by Gasteiger charge is -2.31. The Kier molecular flexibility index (Phi) is 4.74. The van der Waals surface area contributed by atoms with E-state index in [1.54, 1.807) is 11.3 Å². The van der Waals surface area contributed by atoms with Crippen molar-refractivity contribution in [3.05, 3.63) is 21.9 Å². The van der Waals surface area contributed by atoms with E-state index in [0.29, 0.717) is 12.6 Å². The summed E-state index contributed by atoms with van der Waals surface area (Å²) in [5.41, 5.74) is 5.54. The van der Waals surface area contributed by atoms with Crippen molar-refractivity contribution in [1.29, 1.82) is 0 Å². The van der Waals surface area contributed by atoms with Gasteiger partial charge in [-0.15, -0.1) is 11.3 Å². The van der Waals surface area contributed by atoms with Gasteiger partial charge < -0.3 is 16.0 Å². The summed E-state index contributed by atoms with van der Waals surface area (Å²) in [7, 11) is 0. The van der Waals surface area contributed by atoms with E-state index in [0.717, 1.165) is 37.4 Å². The van der Waals surface area contributed by atoms with Crippen molar-refractivity contribution in [2.75, 3.05) is 26.2 Å². The van der Waals surface area contributed by atoms with Gasteiger partial charge in [0.25, 0.3) is 5.91 Å². The molecular weight excluding hydrogens is 246 g/mol. The molecule has 0 aliphatic carbocycles. The Labute approximate surface area is 112 Å². The second-order valence-corrected chi connectivity index (χ2v) is 6.08. The summed E-state index contributed by atoms with van der Waals surface area (Å²) in [4.78, 5) is 16.4. The predicted octanol–water partition coefficient (Wildman–Crippen LogP) is 1.21. The van der Waals surface area contributed by atoms with E-state index in [9.17, 15) is 4.79 Å². The number of aryl methyl sites for hydroxylation is 1. The highest BCUT2D eigenvalue weighted by atomic mass is 32.1. The van der Waals surface area contributed by atoms with Gasteiger partial charge in [0.15, 0.2) is 0 Å². The van der Waals surface area contributed by atoms with Gasteiger partial charge in [-0.3, -0.25) is 4.79 Å². The quantitative estimate of drug-likeness (QED) is 0.862. The highest BCUT2D eigenvalue weighted by Crippen LogP contribution is 2.16. The zero-order chi connectivity index (χ0) is 13.0. The average molecular weight is 267 g/mol. The number of rotatable bonds is 4. The molecule has 0 aromatic carbocycles. The summed E-state index contributed by atoms with van der Waals surface area (Å²) in [5.74, 6) is 0.0744. The molecule has 4 nitrogen and oxygen atoms in total. The van der Waals surface area contributed by atoms with Crippen molar-refractivity contribution in [1.82, 2.24) is 10.2 Å². The number of carbonyl (C=O) groups is 1. The zero-order valence-electron chi connectivity index (χ0n) is 10.8. The van der Waals surface area contributed by atoms with Crippen LogP contribution in [0.3, 0.4) is 0 Å². The Hall–Kier alpha value is -0.910. The normalized spacial score (nSPS) is 17.9. The molecule has 1 aliphatic rings. The van der Waals surface area contributed by atoms with Gasteiger partial charge in [0, 0.05) is 37.1 Å². The highest BCUT2D eigenvalue weighted by molar-refractivity contribution is 7.13. The smallest absolute Gasteiger partial charge is 0.261 e. The van der Waals surface area contributed by atoms with E-state index >= 15 is 0 Å². The molecule has 1 aromatic heterocycles. The second-order valence-electron chi connectivity index (χ2n) is 4.79. The van der Waals surface area contributed by atoms with Gasteiger partial charge in [-0.1, -0.05) is 0 Å². The number of likely N-dealkylation sites (tertiary alicyclic amines) is 1. The maximum absolute atomic E-state index is 12.0. The van der Waals surface area contributed by atoms with Crippen LogP contribution in [0.4, 0.5) is 0 Å². The van der Waals surface area contributed by atoms with Crippen molar-refractivity contribution in [3.8, 4) is 0 Å². The number of hydrogen-bond acceptors (Lipinski definition) is 4. The summed E-state index contributed by atoms with van der Waals surface area (Å²) in [6.45, 7) is 5.76. The number of hydrogen-bond donors (Lipinski definition) is 2. The summed E-state index contributed by atoms with van der Waals surface area (Å²) in [5, 5.41) is 3.12. The van der Waals surface area contributed by atoms with E-state index in [1.807, 2.05) is 19.1 Å². The van der Waals surface area contributed by atoms with Crippen molar-refractivity contribution < 1.29 is 4.79 Å². The number of amides is 1. The first-order valence-corrected chi connectivity index (χ1v) is 7.30. The molecule has 18 heavy (non-hydrogen) atoms. The number of nitrogens with one attached hydrogen (secondary N) is 1. The molecule has 1 fully saturated rings. The van der Waals surface area contributed by atoms with E-state index in [1.165, 1.54) is 4.88 Å². The SMILES string of the molecule is Cc1ccc(C(=O)NC2CCN(CCN)CC2)s1. The number of nitrogens with zero attached hydrogens (tertiary/aromatic N) is 1. The molecule has 2 heterocycles. The Morgan fingerprint density at radius 1 is 1.50 bits per heavy atom. The average Bonchev–Trinajstić information content (AvgIpc) is 2.79. The van der Waals surface area contributed by atoms with Gasteiger partial charge >= 0.3 is 0 Å². The lowest BCUT2D eigenvalue weighted by atomic mass is 10.1. The van der Waals surface area contributed by atoms with Crippen molar-refractivity contribution in [2.45, 2.75) is 25.8 Å². The first-order chi connectivity index (χ1) is 8.69. The summed E-state index contributed by atoms with van der Waals surface area (Å²) >= 11 is 1.55. The van der Waals surface area contributed by atoms with Crippen LogP contribution in [0.1, 0.15) is 27.4 Å². The third kappa shape index (κ3) is 3.54. The highest BCUT2D eigenvalue weighted by Gasteiger charge is 2.20. The minimum atomic E-state index is 0.0744. The lowest BCUT2D eigenvalue weighted by molar-refractivity contribution is 0.0916. The number of piperidine rings is 1. The monoisotopic (exact) mass is 267 g/mol. The minimum Gasteiger partial charge on any atom is -0.349 e. The van der Waals surface area contributed by atoms with Crippen LogP contribution in [-0.4, -0.2) is 43.0 Å². The van der Waals surface area contributed by atoms with Crippen molar-refractivity contribution in [3.63, 3.8) is 0 Å². The topological polar surface area (TPSA) is 58.4 Å². The largest absolute Gasteiger partial charge is 0.349 e. The van der Waals surface area contributed by atoms with Crippen LogP contribution in [0.2, 0.25) is 0 Å². The Balaban J connectivity index is 1.79. The molecule has 0 saturated carbocycles. The minimum absolute atomic E-state index is 0.0744. The molecule has 5 heteroatoms. The van der Waals surface area contributed by atoms with Crippen molar-refractivity contribution in [2.24, 2.45) is 5.73 Å². The molecule has 1 saturated heterocycles. The van der Waals surface area contributed by atoms with Crippen LogP contribution in [0.5, 0.6) is 0 Å². The van der Waals surface area contributed by atoms with Gasteiger partial charge in [-0.25, -0.2) is 0 Å². The zero-order valence-corrected chi connectivity index (χ0v) is 11.6. The standard InChI is InChI=1S/C13H21N3OS/c1-10-2-3-12(18-10)13(17)15-11-4-7-16(8-5-11)9-6-14/h2-3,11H,4-9,14H2,1H3,(H,15,17). The Bertz CT molecular complexity index is 397. The molecule has 0 spiro atoms. The number of thiophene rings is 1. The van der Waals surface area contributed by atoms with Crippen LogP contribution in [-0.2, 0) is 0 Å². The molecule has 0 unspecified atom stereocenters. The number of carbonyl (C=O) groups excluding carboxylic acids is 1. The molecule has 1 amide bonds. The molecule has 0 atom stereocenters. The van der Waals surface area contributed by atoms with Crippen LogP contribution in [0, 0.1) is 6.92 Å². The first-order valence-electron chi connectivity index (χ1n) is 6.49. The molecule has 100 valence electrons. The van der Waals surface area contributed by atoms with Gasteiger partial charge in [0.05, 0.1) is 4.88 Å². The second kappa shape index (κ2) is 6.31. The first kappa shape index (κ1) is 13.5. The van der Waals surface area contributed by atoms with Crippen LogP contribution in [0.15, 0.2) is 12.1 Å². The summed E-state index contributed by atoms with van der Waals surface area (Å²) < 4.78 is 0. The fourth-order valence-electron chi connectivity index (χ4n) is 2.30. The van der Waals surface area contributed by atoms with E-state index < -0.39 is 0 Å². The maximum Gasteiger partial charge on any atom is 0.261 e. The van der Waals surface area contributed by atoms with Crippen molar-refractivity contribution >= 4 is 17.2 Å². The molecule has 1 aliphatic heterocycles. The maximum atomic E-state index is 12.0. The molecule has 1 aromatic rings. The van der Waals surface area contributed by atoms with E-state index in [4.69, 9.17) is 5.73 Å². The molecule has 0 radical (unpaired) electrons. The Morgan fingerprint density at radius 3 is 2.78 bits per heavy atom. The van der Waals surface area contributed by atoms with Crippen LogP contribution >= 0.6 is 11.3 Å². The van der Waals surface area contributed by atoms with Gasteiger partial charge in [-0.2, -0.15) is 0 Å². The molecule has 3 N–H and O–H groups in total. The third-order valence-electron chi connectivity index (χ3n) is 3.33. The Morgan fingerprint density at radius 2 is 2.22 bits per heavy atom. The number of nitrogens with two attached hydrogens (primary N) is 1. The summed E-state index contributed by atoms with van der Waals surface area (Å²) in [6, 6.07) is 4.21. The van der Waals surface area contributed by atoms with E-state index in [2.05, 4.69) is 10.2 Å². The molecular formula is C13H21N3OS. The summed E-state index contributed by atoms with van der Waals surface area (Å²) in [6.07, 6.45) is 2.05. The lowest BCUT2D eigenvalue weighted by Crippen LogP contribution is -2.45. The van der Waals surface area contributed by atoms with Gasteiger partial charge in [0.1, 0.15) is 0 Å². The molecule has 2 rings (SSSR count). The third-order valence-corrected chi connectivity index (χ3v) is 4.33. The fraction of sp³-hybridized carbons (Fsp3) is 0.615. The van der Waals surface area contributed by atoms with Crippen LogP contribution < -0.4 is 11.1 Å².